The predicted molar refractivity (Wildman–Crippen MR) is 95.7 cm³/mol. The van der Waals surface area contributed by atoms with Crippen molar-refractivity contribution in [3.8, 4) is 5.75 Å². The number of nitrogens with zero attached hydrogens (tertiary/aromatic N) is 3. The maximum Gasteiger partial charge on any atom is 0.239 e. The Balaban J connectivity index is 1.75. The van der Waals surface area contributed by atoms with Crippen molar-refractivity contribution in [1.29, 1.82) is 0 Å². The molecule has 1 unspecified atom stereocenters. The van der Waals surface area contributed by atoms with Gasteiger partial charge in [0.05, 0.1) is 19.4 Å². The molecule has 0 radical (unpaired) electrons. The lowest BCUT2D eigenvalue weighted by molar-refractivity contribution is -0.0878. The molecule has 1 saturated heterocycles. The SMILES string of the molecule is COc1ccc(N=C2NN3C(=CSC3[C@H](O)[C@@H](O)[C@H](O)CO)N2N)cc1. The molecule has 11 heteroatoms. The fourth-order valence-electron chi connectivity index (χ4n) is 2.54. The van der Waals surface area contributed by atoms with Crippen LogP contribution in [0.1, 0.15) is 0 Å². The number of aliphatic hydroxyl groups excluding tert-OH is 4. The molecule has 7 N–H and O–H groups in total. The third-order valence-corrected chi connectivity index (χ3v) is 5.16. The van der Waals surface area contributed by atoms with Gasteiger partial charge in [0.1, 0.15) is 29.4 Å². The van der Waals surface area contributed by atoms with E-state index in [0.29, 0.717) is 23.2 Å². The lowest BCUT2D eigenvalue weighted by atomic mass is 10.1. The molecular formula is C15H21N5O5S. The quantitative estimate of drug-likeness (QED) is 0.325. The van der Waals surface area contributed by atoms with Crippen molar-refractivity contribution < 1.29 is 25.2 Å². The van der Waals surface area contributed by atoms with E-state index in [1.54, 1.807) is 41.8 Å². The largest absolute Gasteiger partial charge is 0.497 e. The Hall–Kier alpha value is -2.02. The highest BCUT2D eigenvalue weighted by Crippen LogP contribution is 2.36. The number of guanidine groups is 1. The van der Waals surface area contributed by atoms with Crippen molar-refractivity contribution in [3.63, 3.8) is 0 Å². The summed E-state index contributed by atoms with van der Waals surface area (Å²) in [5.74, 6) is 7.63. The number of aliphatic imine (C=N–C) groups is 1. The van der Waals surface area contributed by atoms with E-state index in [1.165, 1.54) is 16.8 Å². The highest BCUT2D eigenvalue weighted by atomic mass is 32.2. The fourth-order valence-corrected chi connectivity index (χ4v) is 3.63. The van der Waals surface area contributed by atoms with E-state index in [1.807, 2.05) is 0 Å². The molecule has 0 saturated carbocycles. The van der Waals surface area contributed by atoms with Crippen LogP contribution in [0.25, 0.3) is 0 Å². The van der Waals surface area contributed by atoms with Gasteiger partial charge < -0.3 is 25.2 Å². The fraction of sp³-hybridized carbons (Fsp3) is 0.400. The number of rotatable bonds is 6. The highest BCUT2D eigenvalue weighted by molar-refractivity contribution is 8.03. The lowest BCUT2D eigenvalue weighted by Crippen LogP contribution is -2.51. The van der Waals surface area contributed by atoms with Crippen LogP contribution in [0.4, 0.5) is 5.69 Å². The van der Waals surface area contributed by atoms with Crippen molar-refractivity contribution in [2.75, 3.05) is 13.7 Å². The summed E-state index contributed by atoms with van der Waals surface area (Å²) in [5, 5.41) is 42.7. The van der Waals surface area contributed by atoms with E-state index in [2.05, 4.69) is 10.4 Å². The summed E-state index contributed by atoms with van der Waals surface area (Å²) in [6, 6.07) is 7.07. The molecule has 0 aromatic heterocycles. The number of ether oxygens (including phenoxy) is 1. The smallest absolute Gasteiger partial charge is 0.239 e. The minimum Gasteiger partial charge on any atom is -0.497 e. The summed E-state index contributed by atoms with van der Waals surface area (Å²) in [6.07, 6.45) is -4.29. The van der Waals surface area contributed by atoms with Gasteiger partial charge in [-0.1, -0.05) is 0 Å². The molecule has 2 aliphatic heterocycles. The van der Waals surface area contributed by atoms with Crippen LogP contribution in [0.2, 0.25) is 0 Å². The number of methoxy groups -OCH3 is 1. The number of aliphatic hydroxyl groups is 4. The third-order valence-electron chi connectivity index (χ3n) is 4.04. The molecule has 0 aliphatic carbocycles. The minimum absolute atomic E-state index is 0.330. The summed E-state index contributed by atoms with van der Waals surface area (Å²) in [4.78, 5) is 4.41. The first-order valence-electron chi connectivity index (χ1n) is 7.80. The molecule has 1 aromatic rings. The first-order valence-corrected chi connectivity index (χ1v) is 8.74. The third kappa shape index (κ3) is 3.45. The van der Waals surface area contributed by atoms with E-state index in [4.69, 9.17) is 15.7 Å². The zero-order chi connectivity index (χ0) is 18.8. The van der Waals surface area contributed by atoms with Crippen molar-refractivity contribution in [2.24, 2.45) is 10.8 Å². The Morgan fingerprint density at radius 2 is 2.00 bits per heavy atom. The number of thioether (sulfide) groups is 1. The molecule has 4 atom stereocenters. The molecule has 0 spiro atoms. The number of nitrogens with one attached hydrogen (secondary N) is 1. The Kier molecular flexibility index (Phi) is 5.55. The Morgan fingerprint density at radius 3 is 2.62 bits per heavy atom. The van der Waals surface area contributed by atoms with Crippen LogP contribution < -0.4 is 16.0 Å². The highest BCUT2D eigenvalue weighted by Gasteiger charge is 2.44. The molecule has 1 fully saturated rings. The standard InChI is InChI=1S/C15H21N5O5S/c1-25-9-4-2-8(3-5-9)17-15-18-20-11(19(15)16)7-26-14(20)13(24)12(23)10(22)6-21/h2-5,7,10,12-14,21-24H,6,16H2,1H3,(H,17,18)/t10-,12+,13-,14?/m1/s1. The van der Waals surface area contributed by atoms with Crippen molar-refractivity contribution >= 4 is 23.4 Å². The Labute approximate surface area is 154 Å². The van der Waals surface area contributed by atoms with Crippen LogP contribution in [0.15, 0.2) is 40.5 Å². The van der Waals surface area contributed by atoms with Gasteiger partial charge in [-0.25, -0.2) is 15.8 Å². The number of hydrogen-bond donors (Lipinski definition) is 6. The van der Waals surface area contributed by atoms with Gasteiger partial charge in [0.2, 0.25) is 5.96 Å². The van der Waals surface area contributed by atoms with Crippen molar-refractivity contribution in [3.05, 3.63) is 35.5 Å². The molecule has 10 nitrogen and oxygen atoms in total. The number of nitrogens with two attached hydrogens (primary N) is 1. The molecular weight excluding hydrogens is 362 g/mol. The Bertz CT molecular complexity index is 700. The number of hydrogen-bond acceptors (Lipinski definition) is 9. The minimum atomic E-state index is -1.51. The second-order valence-electron chi connectivity index (χ2n) is 5.72. The second kappa shape index (κ2) is 7.70. The van der Waals surface area contributed by atoms with Crippen LogP contribution in [-0.4, -0.2) is 73.8 Å². The first kappa shape index (κ1) is 18.8. The van der Waals surface area contributed by atoms with E-state index in [9.17, 15) is 15.3 Å². The van der Waals surface area contributed by atoms with Crippen LogP contribution in [0, 0.1) is 0 Å². The number of hydrazine groups is 2. The van der Waals surface area contributed by atoms with Crippen molar-refractivity contribution in [1.82, 2.24) is 15.4 Å². The number of benzene rings is 1. The summed E-state index contributed by atoms with van der Waals surface area (Å²) in [7, 11) is 1.58. The Morgan fingerprint density at radius 1 is 1.31 bits per heavy atom. The zero-order valence-corrected chi connectivity index (χ0v) is 14.7. The molecule has 142 valence electrons. The van der Waals surface area contributed by atoms with Gasteiger partial charge in [-0.05, 0) is 24.3 Å². The van der Waals surface area contributed by atoms with Gasteiger partial charge in [-0.15, -0.1) is 11.8 Å². The predicted octanol–water partition coefficient (Wildman–Crippen LogP) is -1.37. The topological polar surface area (TPSA) is 147 Å². The maximum atomic E-state index is 10.3. The average molecular weight is 383 g/mol. The molecule has 0 bridgehead atoms. The lowest BCUT2D eigenvalue weighted by Gasteiger charge is -2.30. The van der Waals surface area contributed by atoms with Gasteiger partial charge in [0, 0.05) is 5.41 Å². The summed E-state index contributed by atoms with van der Waals surface area (Å²) in [6.45, 7) is -0.656. The van der Waals surface area contributed by atoms with E-state index < -0.39 is 30.3 Å². The zero-order valence-electron chi connectivity index (χ0n) is 13.9. The van der Waals surface area contributed by atoms with E-state index >= 15 is 0 Å². The molecule has 0 amide bonds. The molecule has 2 heterocycles. The van der Waals surface area contributed by atoms with E-state index in [-0.39, 0.29) is 0 Å². The maximum absolute atomic E-state index is 10.3. The van der Waals surface area contributed by atoms with Gasteiger partial charge >= 0.3 is 0 Å². The van der Waals surface area contributed by atoms with Crippen LogP contribution in [0.5, 0.6) is 5.75 Å². The van der Waals surface area contributed by atoms with Gasteiger partial charge in [-0.3, -0.25) is 10.4 Å². The molecule has 3 rings (SSSR count). The normalized spacial score (nSPS) is 24.2. The first-order chi connectivity index (χ1) is 12.5. The van der Waals surface area contributed by atoms with Gasteiger partial charge in [-0.2, -0.15) is 0 Å². The molecule has 1 aromatic carbocycles. The van der Waals surface area contributed by atoms with Crippen LogP contribution in [0.3, 0.4) is 0 Å². The monoisotopic (exact) mass is 383 g/mol. The second-order valence-corrected chi connectivity index (χ2v) is 6.71. The molecule has 26 heavy (non-hydrogen) atoms. The summed E-state index contributed by atoms with van der Waals surface area (Å²) >= 11 is 1.22. The van der Waals surface area contributed by atoms with Gasteiger partial charge in [0.25, 0.3) is 0 Å². The van der Waals surface area contributed by atoms with Crippen LogP contribution in [-0.2, 0) is 0 Å². The summed E-state index contributed by atoms with van der Waals surface area (Å²) < 4.78 is 5.10. The average Bonchev–Trinajstić information content (AvgIpc) is 3.21. The van der Waals surface area contributed by atoms with Crippen molar-refractivity contribution in [2.45, 2.75) is 23.7 Å². The van der Waals surface area contributed by atoms with Gasteiger partial charge in [0.15, 0.2) is 5.82 Å². The summed E-state index contributed by atoms with van der Waals surface area (Å²) in [5.41, 5.74) is 3.62. The molecule has 2 aliphatic rings. The van der Waals surface area contributed by atoms with E-state index in [0.717, 1.165) is 0 Å². The number of fused-ring (bicyclic) bond motifs is 1. The van der Waals surface area contributed by atoms with Crippen LogP contribution >= 0.6 is 11.8 Å².